The van der Waals surface area contributed by atoms with E-state index >= 15 is 0 Å². The lowest BCUT2D eigenvalue weighted by Gasteiger charge is -2.18. The van der Waals surface area contributed by atoms with Crippen LogP contribution in [0, 0.1) is 17.7 Å². The van der Waals surface area contributed by atoms with Crippen LogP contribution in [0.5, 0.6) is 5.75 Å². The Balaban J connectivity index is 2.53. The highest BCUT2D eigenvalue weighted by atomic mass is 19.1. The van der Waals surface area contributed by atoms with Crippen LogP contribution in [0.2, 0.25) is 0 Å². The molecule has 0 fully saturated rings. The third-order valence-electron chi connectivity index (χ3n) is 2.12. The summed E-state index contributed by atoms with van der Waals surface area (Å²) in [5, 5.41) is 2.47. The van der Waals surface area contributed by atoms with Gasteiger partial charge in [0.25, 0.3) is 0 Å². The number of nitrogens with one attached hydrogen (secondary N) is 1. The minimum absolute atomic E-state index is 0.0837. The topological polar surface area (TPSA) is 47.6 Å². The third-order valence-corrected chi connectivity index (χ3v) is 2.12. The molecule has 0 spiro atoms. The van der Waals surface area contributed by atoms with Gasteiger partial charge in [0.15, 0.2) is 0 Å². The van der Waals surface area contributed by atoms with Crippen molar-refractivity contribution in [3.63, 3.8) is 0 Å². The van der Waals surface area contributed by atoms with Gasteiger partial charge < -0.3 is 14.8 Å². The summed E-state index contributed by atoms with van der Waals surface area (Å²) in [6, 6.07) is 4.40. The van der Waals surface area contributed by atoms with Crippen molar-refractivity contribution in [3.8, 4) is 17.6 Å². The zero-order chi connectivity index (χ0) is 15.2. The van der Waals surface area contributed by atoms with Crippen molar-refractivity contribution in [1.82, 2.24) is 5.32 Å². The molecule has 20 heavy (non-hydrogen) atoms. The summed E-state index contributed by atoms with van der Waals surface area (Å²) >= 11 is 0. The molecule has 0 aromatic heterocycles. The Morgan fingerprint density at radius 3 is 2.65 bits per heavy atom. The molecule has 1 rings (SSSR count). The Bertz CT molecular complexity index is 538. The normalized spacial score (nSPS) is 10.2. The number of methoxy groups -OCH3 is 1. The monoisotopic (exact) mass is 279 g/mol. The van der Waals surface area contributed by atoms with Crippen LogP contribution in [0.4, 0.5) is 9.18 Å². The van der Waals surface area contributed by atoms with E-state index in [9.17, 15) is 9.18 Å². The molecule has 1 amide bonds. The second-order valence-electron chi connectivity index (χ2n) is 5.00. The Labute approximate surface area is 118 Å². The van der Waals surface area contributed by atoms with Gasteiger partial charge in [0.05, 0.1) is 19.2 Å². The van der Waals surface area contributed by atoms with E-state index in [1.165, 1.54) is 19.2 Å². The van der Waals surface area contributed by atoms with Crippen LogP contribution >= 0.6 is 0 Å². The molecular formula is C15H18FNO3. The molecule has 5 heteroatoms. The van der Waals surface area contributed by atoms with E-state index in [2.05, 4.69) is 17.2 Å². The minimum atomic E-state index is -0.556. The molecule has 0 atom stereocenters. The standard InChI is InChI=1S/C15H18FNO3/c1-15(2,3)20-14(18)17-9-5-6-11-7-8-12(19-4)10-13(11)16/h7-8,10H,9H2,1-4H3,(H,17,18). The molecular weight excluding hydrogens is 261 g/mol. The van der Waals surface area contributed by atoms with Crippen molar-refractivity contribution < 1.29 is 18.7 Å². The number of carbonyl (C=O) groups is 1. The molecule has 0 unspecified atom stereocenters. The fourth-order valence-electron chi connectivity index (χ4n) is 1.29. The summed E-state index contributed by atoms with van der Waals surface area (Å²) < 4.78 is 23.5. The summed E-state index contributed by atoms with van der Waals surface area (Å²) in [6.07, 6.45) is -0.554. The van der Waals surface area contributed by atoms with E-state index < -0.39 is 17.5 Å². The number of hydrogen-bond acceptors (Lipinski definition) is 3. The van der Waals surface area contributed by atoms with Gasteiger partial charge in [0, 0.05) is 6.07 Å². The molecule has 108 valence electrons. The fourth-order valence-corrected chi connectivity index (χ4v) is 1.29. The van der Waals surface area contributed by atoms with Crippen LogP contribution in [-0.4, -0.2) is 25.3 Å². The number of benzene rings is 1. The van der Waals surface area contributed by atoms with Crippen molar-refractivity contribution in [1.29, 1.82) is 0 Å². The highest BCUT2D eigenvalue weighted by molar-refractivity contribution is 5.68. The maximum Gasteiger partial charge on any atom is 0.408 e. The molecule has 0 saturated heterocycles. The van der Waals surface area contributed by atoms with Crippen LogP contribution < -0.4 is 10.1 Å². The first kappa shape index (κ1) is 15.8. The van der Waals surface area contributed by atoms with E-state index in [1.54, 1.807) is 26.8 Å². The lowest BCUT2D eigenvalue weighted by Crippen LogP contribution is -2.32. The van der Waals surface area contributed by atoms with Crippen molar-refractivity contribution in [2.24, 2.45) is 0 Å². The van der Waals surface area contributed by atoms with Crippen molar-refractivity contribution in [2.45, 2.75) is 26.4 Å². The van der Waals surface area contributed by atoms with E-state index in [0.717, 1.165) is 0 Å². The van der Waals surface area contributed by atoms with Crippen molar-refractivity contribution >= 4 is 6.09 Å². The third kappa shape index (κ3) is 5.61. The van der Waals surface area contributed by atoms with Crippen LogP contribution in [0.25, 0.3) is 0 Å². The number of carbonyl (C=O) groups excluding carboxylic acids is 1. The SMILES string of the molecule is COc1ccc(C#CCNC(=O)OC(C)(C)C)c(F)c1. The van der Waals surface area contributed by atoms with Crippen LogP contribution in [0.15, 0.2) is 18.2 Å². The van der Waals surface area contributed by atoms with Gasteiger partial charge in [-0.15, -0.1) is 0 Å². The highest BCUT2D eigenvalue weighted by Crippen LogP contribution is 2.15. The zero-order valence-electron chi connectivity index (χ0n) is 12.0. The van der Waals surface area contributed by atoms with Gasteiger partial charge in [-0.25, -0.2) is 9.18 Å². The highest BCUT2D eigenvalue weighted by Gasteiger charge is 2.14. The molecule has 0 aliphatic heterocycles. The van der Waals surface area contributed by atoms with E-state index in [-0.39, 0.29) is 12.1 Å². The van der Waals surface area contributed by atoms with Crippen molar-refractivity contribution in [2.75, 3.05) is 13.7 Å². The maximum absolute atomic E-state index is 13.6. The number of rotatable bonds is 2. The number of halogens is 1. The first-order chi connectivity index (χ1) is 9.31. The summed E-state index contributed by atoms with van der Waals surface area (Å²) in [7, 11) is 1.46. The van der Waals surface area contributed by atoms with Gasteiger partial charge in [-0.1, -0.05) is 11.8 Å². The summed E-state index contributed by atoms with van der Waals surface area (Å²) in [5.41, 5.74) is -0.309. The molecule has 0 radical (unpaired) electrons. The molecule has 0 saturated carbocycles. The smallest absolute Gasteiger partial charge is 0.408 e. The van der Waals surface area contributed by atoms with E-state index in [1.807, 2.05) is 0 Å². The van der Waals surface area contributed by atoms with Crippen LogP contribution in [0.1, 0.15) is 26.3 Å². The van der Waals surface area contributed by atoms with E-state index in [0.29, 0.717) is 5.75 Å². The molecule has 1 aromatic carbocycles. The molecule has 0 bridgehead atoms. The average molecular weight is 279 g/mol. The Morgan fingerprint density at radius 2 is 2.10 bits per heavy atom. The second kappa shape index (κ2) is 6.80. The molecule has 0 aliphatic carbocycles. The average Bonchev–Trinajstić information content (AvgIpc) is 2.33. The molecule has 1 aromatic rings. The number of amides is 1. The lowest BCUT2D eigenvalue weighted by atomic mass is 10.2. The van der Waals surface area contributed by atoms with E-state index in [4.69, 9.17) is 9.47 Å². The molecule has 0 aliphatic rings. The quantitative estimate of drug-likeness (QED) is 0.847. The fraction of sp³-hybridized carbons (Fsp3) is 0.400. The molecule has 0 heterocycles. The van der Waals surface area contributed by atoms with Gasteiger partial charge in [-0.2, -0.15) is 0 Å². The summed E-state index contributed by atoms with van der Waals surface area (Å²) in [5.74, 6) is 5.25. The first-order valence-corrected chi connectivity index (χ1v) is 6.11. The number of ether oxygens (including phenoxy) is 2. The Kier molecular flexibility index (Phi) is 5.39. The Morgan fingerprint density at radius 1 is 1.40 bits per heavy atom. The minimum Gasteiger partial charge on any atom is -0.497 e. The predicted octanol–water partition coefficient (Wildman–Crippen LogP) is 2.71. The zero-order valence-corrected chi connectivity index (χ0v) is 12.0. The molecule has 1 N–H and O–H groups in total. The number of hydrogen-bond donors (Lipinski definition) is 1. The summed E-state index contributed by atoms with van der Waals surface area (Å²) in [6.45, 7) is 5.39. The summed E-state index contributed by atoms with van der Waals surface area (Å²) in [4.78, 5) is 11.3. The van der Waals surface area contributed by atoms with Gasteiger partial charge in [0.1, 0.15) is 17.2 Å². The first-order valence-electron chi connectivity index (χ1n) is 6.11. The Hall–Kier alpha value is -2.22. The van der Waals surface area contributed by atoms with Gasteiger partial charge in [-0.3, -0.25) is 0 Å². The lowest BCUT2D eigenvalue weighted by molar-refractivity contribution is 0.0535. The van der Waals surface area contributed by atoms with Gasteiger partial charge in [0.2, 0.25) is 0 Å². The van der Waals surface area contributed by atoms with Crippen LogP contribution in [0.3, 0.4) is 0 Å². The predicted molar refractivity (Wildman–Crippen MR) is 74.1 cm³/mol. The maximum atomic E-state index is 13.6. The number of alkyl carbamates (subject to hydrolysis) is 1. The molecule has 4 nitrogen and oxygen atoms in total. The van der Waals surface area contributed by atoms with Gasteiger partial charge in [-0.05, 0) is 32.9 Å². The largest absolute Gasteiger partial charge is 0.497 e. The van der Waals surface area contributed by atoms with Gasteiger partial charge >= 0.3 is 6.09 Å². The van der Waals surface area contributed by atoms with Crippen molar-refractivity contribution in [3.05, 3.63) is 29.6 Å². The second-order valence-corrected chi connectivity index (χ2v) is 5.00. The van der Waals surface area contributed by atoms with Crippen LogP contribution in [-0.2, 0) is 4.74 Å².